The van der Waals surface area contributed by atoms with Crippen LogP contribution < -0.4 is 15.0 Å². The number of nitriles is 1. The zero-order valence-corrected chi connectivity index (χ0v) is 14.6. The van der Waals surface area contributed by atoms with E-state index in [0.717, 1.165) is 29.8 Å². The van der Waals surface area contributed by atoms with Crippen LogP contribution in [0.5, 0.6) is 5.75 Å². The van der Waals surface area contributed by atoms with Gasteiger partial charge in [-0.05, 0) is 43.5 Å². The lowest BCUT2D eigenvalue weighted by Gasteiger charge is -2.36. The zero-order valence-electron chi connectivity index (χ0n) is 14.6. The Hall–Kier alpha value is -2.26. The molecule has 0 saturated carbocycles. The normalized spacial score (nSPS) is 23.2. The largest absolute Gasteiger partial charge is 0.495 e. The third-order valence-corrected chi connectivity index (χ3v) is 5.08. The average Bonchev–Trinajstić information content (AvgIpc) is 2.90. The van der Waals surface area contributed by atoms with E-state index in [-0.39, 0.29) is 11.6 Å². The van der Waals surface area contributed by atoms with Gasteiger partial charge >= 0.3 is 6.03 Å². The number of fused-ring (bicyclic) bond motifs is 1. The van der Waals surface area contributed by atoms with Crippen molar-refractivity contribution in [3.8, 4) is 11.8 Å². The molecule has 1 saturated heterocycles. The molecule has 0 aliphatic carbocycles. The van der Waals surface area contributed by atoms with Gasteiger partial charge in [-0.2, -0.15) is 5.26 Å². The summed E-state index contributed by atoms with van der Waals surface area (Å²) in [6, 6.07) is 6.32. The van der Waals surface area contributed by atoms with Crippen LogP contribution >= 0.6 is 0 Å². The highest BCUT2D eigenvalue weighted by Gasteiger charge is 2.36. The molecule has 0 aromatic heterocycles. The predicted octanol–water partition coefficient (Wildman–Crippen LogP) is 2.58. The van der Waals surface area contributed by atoms with Gasteiger partial charge in [0, 0.05) is 26.2 Å². The van der Waals surface area contributed by atoms with Crippen molar-refractivity contribution in [2.75, 3.05) is 31.6 Å². The van der Waals surface area contributed by atoms with E-state index < -0.39 is 0 Å². The number of hydrogen-bond donors (Lipinski definition) is 1. The van der Waals surface area contributed by atoms with Crippen LogP contribution in [-0.2, 0) is 12.1 Å². The van der Waals surface area contributed by atoms with Crippen molar-refractivity contribution < 1.29 is 9.53 Å². The van der Waals surface area contributed by atoms with Crippen LogP contribution in [0.4, 0.5) is 10.5 Å². The molecular formula is C18H24N4O2. The topological polar surface area (TPSA) is 68.6 Å². The number of carbonyl (C=O) groups is 1. The number of methoxy groups -OCH3 is 1. The summed E-state index contributed by atoms with van der Waals surface area (Å²) in [6.07, 6.45) is 1.35. The minimum absolute atomic E-state index is 0.0349. The van der Waals surface area contributed by atoms with Gasteiger partial charge in [0.1, 0.15) is 5.75 Å². The van der Waals surface area contributed by atoms with Crippen molar-refractivity contribution in [2.24, 2.45) is 0 Å². The number of anilines is 1. The molecule has 6 nitrogen and oxygen atoms in total. The molecule has 1 atom stereocenters. The second-order valence-electron chi connectivity index (χ2n) is 6.57. The van der Waals surface area contributed by atoms with Gasteiger partial charge in [0.25, 0.3) is 0 Å². The number of carbonyl (C=O) groups excluding carboxylic acids is 1. The number of urea groups is 1. The number of nitrogens with zero attached hydrogens (tertiary/aromatic N) is 3. The highest BCUT2D eigenvalue weighted by molar-refractivity contribution is 5.94. The summed E-state index contributed by atoms with van der Waals surface area (Å²) >= 11 is 0. The van der Waals surface area contributed by atoms with Crippen LogP contribution in [0.25, 0.3) is 0 Å². The highest BCUT2D eigenvalue weighted by Crippen LogP contribution is 2.41. The molecule has 1 unspecified atom stereocenters. The van der Waals surface area contributed by atoms with Gasteiger partial charge in [-0.3, -0.25) is 4.90 Å². The summed E-state index contributed by atoms with van der Waals surface area (Å²) in [5.74, 6) is 0.688. The SMILES string of the molecule is CCN1CCCN(c2cc3c(cc2OC)C(C)(CC#N)NC3)C1=O. The molecule has 1 N–H and O–H groups in total. The molecule has 2 amide bonds. The Morgan fingerprint density at radius 2 is 2.21 bits per heavy atom. The van der Waals surface area contributed by atoms with E-state index in [1.54, 1.807) is 7.11 Å². The first-order valence-corrected chi connectivity index (χ1v) is 8.44. The molecular weight excluding hydrogens is 304 g/mol. The molecule has 0 radical (unpaired) electrons. The zero-order chi connectivity index (χ0) is 17.3. The van der Waals surface area contributed by atoms with Gasteiger partial charge in [0.15, 0.2) is 0 Å². The van der Waals surface area contributed by atoms with Crippen LogP contribution in [0.3, 0.4) is 0 Å². The van der Waals surface area contributed by atoms with Crippen molar-refractivity contribution in [3.63, 3.8) is 0 Å². The van der Waals surface area contributed by atoms with Crippen molar-refractivity contribution in [2.45, 2.75) is 38.8 Å². The summed E-state index contributed by atoms with van der Waals surface area (Å²) in [5.41, 5.74) is 2.67. The van der Waals surface area contributed by atoms with Crippen LogP contribution in [0.2, 0.25) is 0 Å². The van der Waals surface area contributed by atoms with Gasteiger partial charge in [0.2, 0.25) is 0 Å². The van der Waals surface area contributed by atoms with Crippen molar-refractivity contribution >= 4 is 11.7 Å². The molecule has 24 heavy (non-hydrogen) atoms. The second-order valence-corrected chi connectivity index (χ2v) is 6.57. The quantitative estimate of drug-likeness (QED) is 0.922. The first kappa shape index (κ1) is 16.6. The summed E-state index contributed by atoms with van der Waals surface area (Å²) in [6.45, 7) is 6.95. The Morgan fingerprint density at radius 1 is 1.42 bits per heavy atom. The number of hydrogen-bond acceptors (Lipinski definition) is 4. The third-order valence-electron chi connectivity index (χ3n) is 5.08. The van der Waals surface area contributed by atoms with E-state index in [0.29, 0.717) is 31.8 Å². The summed E-state index contributed by atoms with van der Waals surface area (Å²) in [7, 11) is 1.63. The van der Waals surface area contributed by atoms with Crippen molar-refractivity contribution in [3.05, 3.63) is 23.3 Å². The Labute approximate surface area is 143 Å². The van der Waals surface area contributed by atoms with Crippen LogP contribution in [0.1, 0.15) is 37.8 Å². The number of benzene rings is 1. The van der Waals surface area contributed by atoms with Crippen LogP contribution in [0.15, 0.2) is 12.1 Å². The monoisotopic (exact) mass is 328 g/mol. The molecule has 0 spiro atoms. The molecule has 6 heteroatoms. The van der Waals surface area contributed by atoms with Crippen molar-refractivity contribution in [1.82, 2.24) is 10.2 Å². The Bertz CT molecular complexity index is 697. The number of amides is 2. The molecule has 3 rings (SSSR count). The molecule has 2 heterocycles. The predicted molar refractivity (Wildman–Crippen MR) is 92.0 cm³/mol. The number of rotatable bonds is 4. The molecule has 1 aromatic carbocycles. The lowest BCUT2D eigenvalue weighted by atomic mass is 9.89. The van der Waals surface area contributed by atoms with E-state index in [2.05, 4.69) is 11.4 Å². The van der Waals surface area contributed by atoms with Gasteiger partial charge in [-0.1, -0.05) is 0 Å². The highest BCUT2D eigenvalue weighted by atomic mass is 16.5. The maximum absolute atomic E-state index is 12.7. The minimum atomic E-state index is -0.364. The van der Waals surface area contributed by atoms with E-state index >= 15 is 0 Å². The lowest BCUT2D eigenvalue weighted by molar-refractivity contribution is 0.198. The van der Waals surface area contributed by atoms with E-state index in [4.69, 9.17) is 10.00 Å². The van der Waals surface area contributed by atoms with Crippen LogP contribution in [-0.4, -0.2) is 37.7 Å². The standard InChI is InChI=1S/C18H24N4O2/c1-4-21-8-5-9-22(17(21)23)15-10-13-12-20-18(2,6-7-19)14(13)11-16(15)24-3/h10-11,20H,4-6,8-9,12H2,1-3H3. The first-order chi connectivity index (χ1) is 11.5. The summed E-state index contributed by atoms with van der Waals surface area (Å²) in [4.78, 5) is 16.4. The first-order valence-electron chi connectivity index (χ1n) is 8.44. The summed E-state index contributed by atoms with van der Waals surface area (Å²) in [5, 5.41) is 12.5. The average molecular weight is 328 g/mol. The Morgan fingerprint density at radius 3 is 2.88 bits per heavy atom. The lowest BCUT2D eigenvalue weighted by Crippen LogP contribution is -2.49. The fraction of sp³-hybridized carbons (Fsp3) is 0.556. The molecule has 1 fully saturated rings. The molecule has 0 bridgehead atoms. The molecule has 2 aliphatic rings. The van der Waals surface area contributed by atoms with Gasteiger partial charge < -0.3 is 15.0 Å². The van der Waals surface area contributed by atoms with Gasteiger partial charge in [0.05, 0.1) is 30.8 Å². The Kier molecular flexibility index (Phi) is 4.37. The number of nitrogens with one attached hydrogen (secondary N) is 1. The third kappa shape index (κ3) is 2.59. The van der Waals surface area contributed by atoms with E-state index in [1.165, 1.54) is 0 Å². The Balaban J connectivity index is 2.02. The fourth-order valence-electron chi connectivity index (χ4n) is 3.65. The molecule has 1 aromatic rings. The molecule has 2 aliphatic heterocycles. The van der Waals surface area contributed by atoms with Gasteiger partial charge in [-0.15, -0.1) is 0 Å². The maximum atomic E-state index is 12.7. The smallest absolute Gasteiger partial charge is 0.324 e. The van der Waals surface area contributed by atoms with E-state index in [9.17, 15) is 4.79 Å². The van der Waals surface area contributed by atoms with Crippen molar-refractivity contribution in [1.29, 1.82) is 5.26 Å². The van der Waals surface area contributed by atoms with Gasteiger partial charge in [-0.25, -0.2) is 4.79 Å². The van der Waals surface area contributed by atoms with Crippen LogP contribution in [0, 0.1) is 11.3 Å². The minimum Gasteiger partial charge on any atom is -0.495 e. The fourth-order valence-corrected chi connectivity index (χ4v) is 3.65. The second kappa shape index (κ2) is 6.33. The number of ether oxygens (including phenoxy) is 1. The van der Waals surface area contributed by atoms with E-state index in [1.807, 2.05) is 35.8 Å². The maximum Gasteiger partial charge on any atom is 0.324 e. The molecule has 128 valence electrons. The summed E-state index contributed by atoms with van der Waals surface area (Å²) < 4.78 is 5.59.